The molecule has 1 fully saturated rings. The number of carbonyl (C=O) groups is 1. The molecule has 1 aliphatic rings. The summed E-state index contributed by atoms with van der Waals surface area (Å²) < 4.78 is 56.4. The zero-order chi connectivity index (χ0) is 21.9. The summed E-state index contributed by atoms with van der Waals surface area (Å²) in [7, 11) is -3.74. The minimum atomic E-state index is -3.74. The van der Waals surface area contributed by atoms with E-state index in [9.17, 15) is 26.8 Å². The Bertz CT molecular complexity index is 1100. The Kier molecular flexibility index (Phi) is 6.74. The van der Waals surface area contributed by atoms with Gasteiger partial charge in [-0.25, -0.2) is 8.42 Å². The number of ether oxygens (including phenoxy) is 1. The predicted octanol–water partition coefficient (Wildman–Crippen LogP) is 2.53. The Morgan fingerprint density at radius 3 is 2.53 bits per heavy atom. The molecule has 0 radical (unpaired) electrons. The van der Waals surface area contributed by atoms with Crippen molar-refractivity contribution in [2.45, 2.75) is 30.9 Å². The van der Waals surface area contributed by atoms with Crippen molar-refractivity contribution in [3.63, 3.8) is 0 Å². The zero-order valence-corrected chi connectivity index (χ0v) is 17.1. The van der Waals surface area contributed by atoms with Crippen LogP contribution in [0.25, 0.3) is 0 Å². The highest BCUT2D eigenvalue weighted by Gasteiger charge is 2.27. The summed E-state index contributed by atoms with van der Waals surface area (Å²) in [5.41, 5.74) is -0.357. The van der Waals surface area contributed by atoms with E-state index in [0.29, 0.717) is 13.1 Å². The molecule has 1 aliphatic heterocycles. The summed E-state index contributed by atoms with van der Waals surface area (Å²) >= 11 is 5.84. The Morgan fingerprint density at radius 1 is 1.20 bits per heavy atom. The molecule has 1 aromatic carbocycles. The predicted molar refractivity (Wildman–Crippen MR) is 105 cm³/mol. The highest BCUT2D eigenvalue weighted by Crippen LogP contribution is 2.29. The van der Waals surface area contributed by atoms with Crippen LogP contribution in [-0.4, -0.2) is 42.9 Å². The number of hydrogen-bond donors (Lipinski definition) is 1. The van der Waals surface area contributed by atoms with Crippen molar-refractivity contribution in [2.75, 3.05) is 18.4 Å². The first-order valence-corrected chi connectivity index (χ1v) is 10.7. The highest BCUT2D eigenvalue weighted by molar-refractivity contribution is 7.89. The largest absolute Gasteiger partial charge is 0.433 e. The van der Waals surface area contributed by atoms with E-state index in [1.54, 1.807) is 0 Å². The van der Waals surface area contributed by atoms with Gasteiger partial charge in [-0.15, -0.1) is 0 Å². The molecule has 1 amide bonds. The smallest absolute Gasteiger partial charge is 0.387 e. The van der Waals surface area contributed by atoms with Crippen molar-refractivity contribution in [1.82, 2.24) is 8.87 Å². The summed E-state index contributed by atoms with van der Waals surface area (Å²) in [6.45, 7) is -2.67. The van der Waals surface area contributed by atoms with Crippen molar-refractivity contribution < 1.29 is 26.7 Å². The van der Waals surface area contributed by atoms with Crippen LogP contribution in [0, 0.1) is 0 Å². The molecular weight excluding hydrogens is 444 g/mol. The summed E-state index contributed by atoms with van der Waals surface area (Å²) in [6.07, 6.45) is 2.66. The maximum atomic E-state index is 12.7. The number of pyridine rings is 1. The summed E-state index contributed by atoms with van der Waals surface area (Å²) in [5.74, 6) is -0.882. The van der Waals surface area contributed by atoms with Gasteiger partial charge in [-0.2, -0.15) is 13.1 Å². The normalized spacial score (nSPS) is 14.8. The number of anilines is 1. The van der Waals surface area contributed by atoms with Crippen molar-refractivity contribution in [3.05, 3.63) is 51.9 Å². The average molecular weight is 462 g/mol. The monoisotopic (exact) mass is 461 g/mol. The van der Waals surface area contributed by atoms with Crippen LogP contribution in [-0.2, 0) is 21.4 Å². The van der Waals surface area contributed by atoms with E-state index in [1.165, 1.54) is 28.6 Å². The number of benzene rings is 1. The number of nitrogens with one attached hydrogen (secondary N) is 1. The average Bonchev–Trinajstić information content (AvgIpc) is 3.21. The Balaban J connectivity index is 1.74. The third-order valence-corrected chi connectivity index (χ3v) is 6.58. The van der Waals surface area contributed by atoms with E-state index in [4.69, 9.17) is 11.6 Å². The van der Waals surface area contributed by atoms with E-state index in [2.05, 4.69) is 10.1 Å². The van der Waals surface area contributed by atoms with Crippen LogP contribution in [0.4, 0.5) is 14.5 Å². The second kappa shape index (κ2) is 9.11. The quantitative estimate of drug-likeness (QED) is 0.683. The number of amides is 1. The van der Waals surface area contributed by atoms with Gasteiger partial charge in [-0.3, -0.25) is 9.59 Å². The molecule has 0 saturated carbocycles. The van der Waals surface area contributed by atoms with Crippen LogP contribution in [0.3, 0.4) is 0 Å². The number of alkyl halides is 2. The van der Waals surface area contributed by atoms with Gasteiger partial charge in [0.15, 0.2) is 0 Å². The second-order valence-corrected chi connectivity index (χ2v) is 8.86. The van der Waals surface area contributed by atoms with Gasteiger partial charge in [0.1, 0.15) is 12.3 Å². The first-order valence-electron chi connectivity index (χ1n) is 8.91. The molecule has 12 heteroatoms. The van der Waals surface area contributed by atoms with E-state index >= 15 is 0 Å². The number of halogens is 3. The Labute approximate surface area is 176 Å². The van der Waals surface area contributed by atoms with Crippen molar-refractivity contribution in [3.8, 4) is 5.75 Å². The van der Waals surface area contributed by atoms with Crippen molar-refractivity contribution in [1.29, 1.82) is 0 Å². The van der Waals surface area contributed by atoms with Gasteiger partial charge < -0.3 is 14.6 Å². The van der Waals surface area contributed by atoms with E-state index in [-0.39, 0.29) is 21.4 Å². The van der Waals surface area contributed by atoms with E-state index in [1.807, 2.05) is 0 Å². The molecule has 1 aromatic heterocycles. The van der Waals surface area contributed by atoms with Crippen LogP contribution < -0.4 is 15.6 Å². The molecule has 30 heavy (non-hydrogen) atoms. The molecule has 1 N–H and O–H groups in total. The van der Waals surface area contributed by atoms with Gasteiger partial charge in [-0.1, -0.05) is 11.6 Å². The topological polar surface area (TPSA) is 97.7 Å². The second-order valence-electron chi connectivity index (χ2n) is 6.51. The molecule has 2 aromatic rings. The lowest BCUT2D eigenvalue weighted by molar-refractivity contribution is -0.116. The number of rotatable bonds is 7. The fourth-order valence-electron chi connectivity index (χ4n) is 2.99. The van der Waals surface area contributed by atoms with E-state index < -0.39 is 34.6 Å². The first-order chi connectivity index (χ1) is 14.2. The third-order valence-electron chi connectivity index (χ3n) is 4.40. The van der Waals surface area contributed by atoms with E-state index in [0.717, 1.165) is 29.7 Å². The Hall–Kier alpha value is -2.50. The molecule has 2 heterocycles. The fourth-order valence-corrected chi connectivity index (χ4v) is 4.75. The van der Waals surface area contributed by atoms with Crippen LogP contribution in [0.5, 0.6) is 5.75 Å². The molecule has 162 valence electrons. The fraction of sp³-hybridized carbons (Fsp3) is 0.333. The van der Waals surface area contributed by atoms with Crippen LogP contribution in [0.1, 0.15) is 12.8 Å². The van der Waals surface area contributed by atoms with Crippen LogP contribution in [0.15, 0.2) is 46.2 Å². The summed E-state index contributed by atoms with van der Waals surface area (Å²) in [5, 5.41) is 2.33. The van der Waals surface area contributed by atoms with Crippen LogP contribution >= 0.6 is 11.6 Å². The van der Waals surface area contributed by atoms with Gasteiger partial charge in [0.2, 0.25) is 15.9 Å². The van der Waals surface area contributed by atoms with Gasteiger partial charge in [-0.05, 0) is 37.1 Å². The van der Waals surface area contributed by atoms with Gasteiger partial charge in [0.05, 0.1) is 9.92 Å². The molecular formula is C18H18ClF2N3O5S. The third kappa shape index (κ3) is 5.15. The van der Waals surface area contributed by atoms with Crippen molar-refractivity contribution >= 4 is 33.2 Å². The summed E-state index contributed by atoms with van der Waals surface area (Å²) in [4.78, 5) is 24.3. The number of hydrogen-bond acceptors (Lipinski definition) is 5. The summed E-state index contributed by atoms with van der Waals surface area (Å²) in [6, 6.07) is 5.99. The number of aromatic nitrogens is 1. The van der Waals surface area contributed by atoms with Crippen molar-refractivity contribution in [2.24, 2.45) is 0 Å². The molecule has 0 atom stereocenters. The molecule has 0 bridgehead atoms. The number of nitrogens with zero attached hydrogens (tertiary/aromatic N) is 2. The van der Waals surface area contributed by atoms with Gasteiger partial charge in [0.25, 0.3) is 5.56 Å². The lowest BCUT2D eigenvalue weighted by Crippen LogP contribution is -2.31. The minimum absolute atomic E-state index is 0.0756. The first kappa shape index (κ1) is 22.2. The number of carbonyl (C=O) groups excluding carboxylic acids is 1. The maximum absolute atomic E-state index is 12.7. The maximum Gasteiger partial charge on any atom is 0.387 e. The Morgan fingerprint density at radius 2 is 1.90 bits per heavy atom. The lowest BCUT2D eigenvalue weighted by atomic mass is 10.3. The SMILES string of the molecule is O=C(Cn1cc(S(=O)(=O)N2CCCC2)ccc1=O)Nc1ccc(OC(F)F)c(Cl)c1. The zero-order valence-electron chi connectivity index (χ0n) is 15.6. The molecule has 0 spiro atoms. The molecule has 3 rings (SSSR count). The molecule has 0 aliphatic carbocycles. The molecule has 0 unspecified atom stereocenters. The van der Waals surface area contributed by atoms with Gasteiger partial charge in [0, 0.05) is 31.0 Å². The van der Waals surface area contributed by atoms with Crippen LogP contribution in [0.2, 0.25) is 5.02 Å². The minimum Gasteiger partial charge on any atom is -0.433 e. The lowest BCUT2D eigenvalue weighted by Gasteiger charge is -2.16. The number of sulfonamides is 1. The standard InChI is InChI=1S/C18H18ClF2N3O5S/c19-14-9-12(3-5-15(14)29-18(20)21)22-16(25)11-23-10-13(4-6-17(23)26)30(27,28)24-7-1-2-8-24/h3-6,9-10,18H,1-2,7-8,11H2,(H,22,25). The molecule has 8 nitrogen and oxygen atoms in total. The highest BCUT2D eigenvalue weighted by atomic mass is 35.5. The molecule has 1 saturated heterocycles. The van der Waals surface area contributed by atoms with Gasteiger partial charge >= 0.3 is 6.61 Å².